The Labute approximate surface area is 134 Å². The van der Waals surface area contributed by atoms with Gasteiger partial charge in [0.15, 0.2) is 0 Å². The minimum Gasteiger partial charge on any atom is -0.494 e. The van der Waals surface area contributed by atoms with Crippen LogP contribution in [-0.4, -0.2) is 24.6 Å². The minimum atomic E-state index is -0.317. The second-order valence-electron chi connectivity index (χ2n) is 6.68. The molecule has 1 aromatic rings. The fourth-order valence-electron chi connectivity index (χ4n) is 2.61. The predicted molar refractivity (Wildman–Crippen MR) is 91.0 cm³/mol. The summed E-state index contributed by atoms with van der Waals surface area (Å²) in [5, 5.41) is 3.06. The lowest BCUT2D eigenvalue weighted by atomic mass is 9.90. The van der Waals surface area contributed by atoms with Crippen molar-refractivity contribution < 1.29 is 9.53 Å². The van der Waals surface area contributed by atoms with Crippen molar-refractivity contribution in [3.63, 3.8) is 0 Å². The van der Waals surface area contributed by atoms with Gasteiger partial charge in [-0.25, -0.2) is 0 Å². The third-order valence-electron chi connectivity index (χ3n) is 3.56. The maximum Gasteiger partial charge on any atom is 0.220 e. The maximum atomic E-state index is 12.0. The van der Waals surface area contributed by atoms with E-state index in [9.17, 15) is 4.79 Å². The van der Waals surface area contributed by atoms with Crippen molar-refractivity contribution in [3.05, 3.63) is 29.8 Å². The number of carbonyl (C=O) groups excluding carboxylic acids is 1. The van der Waals surface area contributed by atoms with E-state index in [0.717, 1.165) is 12.2 Å². The first kappa shape index (κ1) is 18.5. The van der Waals surface area contributed by atoms with Gasteiger partial charge in [0.25, 0.3) is 0 Å². The molecule has 1 rings (SSSR count). The highest BCUT2D eigenvalue weighted by atomic mass is 16.5. The number of ether oxygens (including phenoxy) is 1. The molecule has 4 heteroatoms. The van der Waals surface area contributed by atoms with Crippen molar-refractivity contribution in [1.29, 1.82) is 0 Å². The van der Waals surface area contributed by atoms with E-state index in [1.165, 1.54) is 5.56 Å². The molecular weight excluding hydrogens is 276 g/mol. The van der Waals surface area contributed by atoms with Crippen molar-refractivity contribution >= 4 is 5.91 Å². The van der Waals surface area contributed by atoms with E-state index in [-0.39, 0.29) is 11.4 Å². The molecule has 0 heterocycles. The number of nitrogens with one attached hydrogen (secondary N) is 1. The van der Waals surface area contributed by atoms with Crippen molar-refractivity contribution in [2.45, 2.75) is 52.5 Å². The molecule has 3 N–H and O–H groups in total. The Bertz CT molecular complexity index is 474. The SMILES string of the molecule is Cc1cccc(OCCCC(=O)NC(C)(CN)CC(C)C)c1. The number of hydrogen-bond acceptors (Lipinski definition) is 3. The Hall–Kier alpha value is -1.55. The van der Waals surface area contributed by atoms with Crippen LogP contribution in [0.4, 0.5) is 0 Å². The van der Waals surface area contributed by atoms with E-state index in [2.05, 4.69) is 19.2 Å². The highest BCUT2D eigenvalue weighted by molar-refractivity contribution is 5.76. The molecule has 1 atom stereocenters. The molecule has 124 valence electrons. The Kier molecular flexibility index (Phi) is 7.39. The quantitative estimate of drug-likeness (QED) is 0.689. The Morgan fingerprint density at radius 1 is 1.41 bits per heavy atom. The Balaban J connectivity index is 2.31. The molecule has 1 aromatic carbocycles. The molecule has 0 aliphatic rings. The predicted octanol–water partition coefficient (Wildman–Crippen LogP) is 3.03. The van der Waals surface area contributed by atoms with Gasteiger partial charge in [-0.3, -0.25) is 4.79 Å². The van der Waals surface area contributed by atoms with Crippen molar-refractivity contribution in [1.82, 2.24) is 5.32 Å². The van der Waals surface area contributed by atoms with Crippen LogP contribution < -0.4 is 15.8 Å². The van der Waals surface area contributed by atoms with Crippen LogP contribution in [0.5, 0.6) is 5.75 Å². The van der Waals surface area contributed by atoms with E-state index >= 15 is 0 Å². The lowest BCUT2D eigenvalue weighted by molar-refractivity contribution is -0.123. The van der Waals surface area contributed by atoms with Gasteiger partial charge in [-0.2, -0.15) is 0 Å². The molecule has 0 aliphatic carbocycles. The van der Waals surface area contributed by atoms with Crippen LogP contribution in [0, 0.1) is 12.8 Å². The molecule has 0 aromatic heterocycles. The molecule has 1 unspecified atom stereocenters. The van der Waals surface area contributed by atoms with Crippen LogP contribution in [0.2, 0.25) is 0 Å². The molecule has 0 saturated carbocycles. The molecule has 4 nitrogen and oxygen atoms in total. The molecule has 0 bridgehead atoms. The van der Waals surface area contributed by atoms with E-state index < -0.39 is 0 Å². The second kappa shape index (κ2) is 8.79. The van der Waals surface area contributed by atoms with Gasteiger partial charge in [-0.1, -0.05) is 26.0 Å². The molecule has 0 radical (unpaired) electrons. The molecule has 0 saturated heterocycles. The number of aryl methyl sites for hydroxylation is 1. The summed E-state index contributed by atoms with van der Waals surface area (Å²) in [6.07, 6.45) is 2.04. The van der Waals surface area contributed by atoms with Crippen molar-refractivity contribution in [3.8, 4) is 5.75 Å². The summed E-state index contributed by atoms with van der Waals surface area (Å²) in [6, 6.07) is 7.92. The van der Waals surface area contributed by atoms with Crippen LogP contribution in [0.3, 0.4) is 0 Å². The minimum absolute atomic E-state index is 0.0430. The lowest BCUT2D eigenvalue weighted by Crippen LogP contribution is -2.52. The number of rotatable bonds is 9. The number of carbonyl (C=O) groups is 1. The summed E-state index contributed by atoms with van der Waals surface area (Å²) in [7, 11) is 0. The van der Waals surface area contributed by atoms with E-state index in [0.29, 0.717) is 31.9 Å². The van der Waals surface area contributed by atoms with Gasteiger partial charge in [0.1, 0.15) is 5.75 Å². The van der Waals surface area contributed by atoms with Crippen LogP contribution in [0.15, 0.2) is 24.3 Å². The van der Waals surface area contributed by atoms with Crippen LogP contribution in [0.25, 0.3) is 0 Å². The summed E-state index contributed by atoms with van der Waals surface area (Å²) in [5.74, 6) is 1.40. The zero-order valence-corrected chi connectivity index (χ0v) is 14.3. The van der Waals surface area contributed by atoms with Gasteiger partial charge in [0.2, 0.25) is 5.91 Å². The van der Waals surface area contributed by atoms with Crippen LogP contribution in [0.1, 0.15) is 45.6 Å². The van der Waals surface area contributed by atoms with E-state index in [4.69, 9.17) is 10.5 Å². The number of benzene rings is 1. The number of nitrogens with two attached hydrogens (primary N) is 1. The zero-order valence-electron chi connectivity index (χ0n) is 14.3. The monoisotopic (exact) mass is 306 g/mol. The van der Waals surface area contributed by atoms with Gasteiger partial charge >= 0.3 is 0 Å². The fraction of sp³-hybridized carbons (Fsp3) is 0.611. The fourth-order valence-corrected chi connectivity index (χ4v) is 2.61. The van der Waals surface area contributed by atoms with Crippen molar-refractivity contribution in [2.75, 3.05) is 13.2 Å². The van der Waals surface area contributed by atoms with Gasteiger partial charge in [0.05, 0.1) is 6.61 Å². The highest BCUT2D eigenvalue weighted by Crippen LogP contribution is 2.16. The Morgan fingerprint density at radius 3 is 2.73 bits per heavy atom. The van der Waals surface area contributed by atoms with Gasteiger partial charge in [-0.05, 0) is 50.3 Å². The molecule has 1 amide bonds. The third kappa shape index (κ3) is 6.94. The normalized spacial score (nSPS) is 13.7. The summed E-state index contributed by atoms with van der Waals surface area (Å²) in [6.45, 7) is 9.31. The number of hydrogen-bond donors (Lipinski definition) is 2. The van der Waals surface area contributed by atoms with Gasteiger partial charge < -0.3 is 15.8 Å². The smallest absolute Gasteiger partial charge is 0.220 e. The topological polar surface area (TPSA) is 64.3 Å². The van der Waals surface area contributed by atoms with Gasteiger partial charge in [-0.15, -0.1) is 0 Å². The number of amides is 1. The first-order valence-electron chi connectivity index (χ1n) is 8.05. The zero-order chi connectivity index (χ0) is 16.6. The molecule has 22 heavy (non-hydrogen) atoms. The van der Waals surface area contributed by atoms with Crippen molar-refractivity contribution in [2.24, 2.45) is 11.7 Å². The lowest BCUT2D eigenvalue weighted by Gasteiger charge is -2.31. The first-order valence-corrected chi connectivity index (χ1v) is 8.05. The van der Waals surface area contributed by atoms with Crippen LogP contribution >= 0.6 is 0 Å². The van der Waals surface area contributed by atoms with Gasteiger partial charge in [0, 0.05) is 18.5 Å². The van der Waals surface area contributed by atoms with E-state index in [1.807, 2.05) is 38.1 Å². The summed E-state index contributed by atoms with van der Waals surface area (Å²) >= 11 is 0. The second-order valence-corrected chi connectivity index (χ2v) is 6.68. The maximum absolute atomic E-state index is 12.0. The first-order chi connectivity index (χ1) is 10.3. The summed E-state index contributed by atoms with van der Waals surface area (Å²) in [4.78, 5) is 12.0. The average Bonchev–Trinajstić information content (AvgIpc) is 2.43. The summed E-state index contributed by atoms with van der Waals surface area (Å²) in [5.41, 5.74) is 6.66. The third-order valence-corrected chi connectivity index (χ3v) is 3.56. The molecule has 0 aliphatic heterocycles. The molecular formula is C18H30N2O2. The Morgan fingerprint density at radius 2 is 2.14 bits per heavy atom. The standard InChI is InChI=1S/C18H30N2O2/c1-14(2)12-18(4,13-19)20-17(21)9-6-10-22-16-8-5-7-15(3)11-16/h5,7-8,11,14H,6,9-10,12-13,19H2,1-4H3,(H,20,21). The highest BCUT2D eigenvalue weighted by Gasteiger charge is 2.25. The molecule has 0 spiro atoms. The molecule has 0 fully saturated rings. The van der Waals surface area contributed by atoms with Crippen LogP contribution in [-0.2, 0) is 4.79 Å². The largest absolute Gasteiger partial charge is 0.494 e. The average molecular weight is 306 g/mol. The summed E-state index contributed by atoms with van der Waals surface area (Å²) < 4.78 is 5.65. The van der Waals surface area contributed by atoms with E-state index in [1.54, 1.807) is 0 Å².